The number of nitrogens with zero attached hydrogens (tertiary/aromatic N) is 1. The van der Waals surface area contributed by atoms with Crippen LogP contribution in [0.15, 0.2) is 41.0 Å². The lowest BCUT2D eigenvalue weighted by molar-refractivity contribution is 0.533. The minimum absolute atomic E-state index is 0.0913. The number of hydrogen-bond donors (Lipinski definition) is 1. The second-order valence-corrected chi connectivity index (χ2v) is 5.70. The zero-order valence-electron chi connectivity index (χ0n) is 11.7. The highest BCUT2D eigenvalue weighted by atomic mass is 79.9. The Morgan fingerprint density at radius 3 is 2.75 bits per heavy atom. The van der Waals surface area contributed by atoms with Gasteiger partial charge < -0.3 is 5.32 Å². The lowest BCUT2D eigenvalue weighted by Crippen LogP contribution is -2.24. The monoisotopic (exact) mass is 336 g/mol. The van der Waals surface area contributed by atoms with Crippen molar-refractivity contribution >= 4 is 15.9 Å². The van der Waals surface area contributed by atoms with Gasteiger partial charge in [-0.3, -0.25) is 4.98 Å². The van der Waals surface area contributed by atoms with Gasteiger partial charge in [-0.2, -0.15) is 0 Å². The lowest BCUT2D eigenvalue weighted by Gasteiger charge is -2.18. The molecule has 0 bridgehead atoms. The number of hydrogen-bond acceptors (Lipinski definition) is 2. The molecule has 2 nitrogen and oxygen atoms in total. The second kappa shape index (κ2) is 6.95. The Bertz CT molecular complexity index is 569. The third-order valence-corrected chi connectivity index (χ3v) is 3.76. The molecule has 0 radical (unpaired) electrons. The molecule has 0 amide bonds. The highest BCUT2D eigenvalue weighted by Crippen LogP contribution is 2.21. The smallest absolute Gasteiger partial charge is 0.123 e. The zero-order chi connectivity index (χ0) is 14.5. The number of nitrogens with one attached hydrogen (secondary N) is 1. The molecule has 0 saturated carbocycles. The van der Waals surface area contributed by atoms with Crippen LogP contribution >= 0.6 is 15.9 Å². The molecular weight excluding hydrogens is 319 g/mol. The van der Waals surface area contributed by atoms with Crippen LogP contribution in [0.2, 0.25) is 0 Å². The van der Waals surface area contributed by atoms with E-state index < -0.39 is 0 Å². The summed E-state index contributed by atoms with van der Waals surface area (Å²) in [4.78, 5) is 4.44. The fraction of sp³-hybridized carbons (Fsp3) is 0.312. The van der Waals surface area contributed by atoms with Gasteiger partial charge in [0.15, 0.2) is 0 Å². The van der Waals surface area contributed by atoms with Gasteiger partial charge in [0.1, 0.15) is 5.82 Å². The standard InChI is InChI=1S/C16H18BrFN2/c1-3-19-16(15-7-5-13(17)10-20-15)9-12-8-14(18)6-4-11(12)2/h4-8,10,16,19H,3,9H2,1-2H3. The van der Waals surface area contributed by atoms with Crippen molar-refractivity contribution in [2.45, 2.75) is 26.3 Å². The second-order valence-electron chi connectivity index (χ2n) is 4.79. The van der Waals surface area contributed by atoms with E-state index in [1.807, 2.05) is 25.1 Å². The molecule has 1 aromatic carbocycles. The first-order chi connectivity index (χ1) is 9.60. The Kier molecular flexibility index (Phi) is 5.26. The van der Waals surface area contributed by atoms with Gasteiger partial charge in [-0.1, -0.05) is 13.0 Å². The molecule has 106 valence electrons. The summed E-state index contributed by atoms with van der Waals surface area (Å²) in [7, 11) is 0. The van der Waals surface area contributed by atoms with Gasteiger partial charge in [-0.05, 0) is 71.2 Å². The quantitative estimate of drug-likeness (QED) is 0.885. The van der Waals surface area contributed by atoms with E-state index in [1.54, 1.807) is 12.3 Å². The summed E-state index contributed by atoms with van der Waals surface area (Å²) in [6.45, 7) is 4.91. The molecule has 0 aliphatic carbocycles. The normalized spacial score (nSPS) is 12.4. The summed E-state index contributed by atoms with van der Waals surface area (Å²) in [6.07, 6.45) is 2.52. The molecule has 2 rings (SSSR count). The molecular formula is C16H18BrFN2. The molecule has 1 aromatic heterocycles. The fourth-order valence-electron chi connectivity index (χ4n) is 2.20. The first-order valence-corrected chi connectivity index (χ1v) is 7.49. The highest BCUT2D eigenvalue weighted by Gasteiger charge is 2.14. The minimum atomic E-state index is -0.190. The maximum absolute atomic E-state index is 13.4. The molecule has 1 heterocycles. The van der Waals surface area contributed by atoms with Gasteiger partial charge in [-0.15, -0.1) is 0 Å². The van der Waals surface area contributed by atoms with Crippen molar-refractivity contribution in [3.8, 4) is 0 Å². The molecule has 4 heteroatoms. The first-order valence-electron chi connectivity index (χ1n) is 6.70. The predicted molar refractivity (Wildman–Crippen MR) is 83.2 cm³/mol. The van der Waals surface area contributed by atoms with Crippen LogP contribution in [0.5, 0.6) is 0 Å². The summed E-state index contributed by atoms with van der Waals surface area (Å²) in [6, 6.07) is 8.99. The van der Waals surface area contributed by atoms with Crippen LogP contribution in [-0.4, -0.2) is 11.5 Å². The van der Waals surface area contributed by atoms with Crippen LogP contribution < -0.4 is 5.32 Å². The van der Waals surface area contributed by atoms with Gasteiger partial charge in [0.2, 0.25) is 0 Å². The molecule has 1 atom stereocenters. The van der Waals surface area contributed by atoms with Crippen molar-refractivity contribution in [2.24, 2.45) is 0 Å². The van der Waals surface area contributed by atoms with Gasteiger partial charge in [-0.25, -0.2) is 4.39 Å². The number of aryl methyl sites for hydroxylation is 1. The molecule has 20 heavy (non-hydrogen) atoms. The topological polar surface area (TPSA) is 24.9 Å². The van der Waals surface area contributed by atoms with E-state index in [4.69, 9.17) is 0 Å². The van der Waals surface area contributed by atoms with Crippen molar-refractivity contribution in [3.05, 3.63) is 63.6 Å². The van der Waals surface area contributed by atoms with E-state index in [2.05, 4.69) is 33.2 Å². The van der Waals surface area contributed by atoms with Crippen LogP contribution in [0.1, 0.15) is 29.8 Å². The zero-order valence-corrected chi connectivity index (χ0v) is 13.2. The Morgan fingerprint density at radius 1 is 1.30 bits per heavy atom. The Morgan fingerprint density at radius 2 is 2.10 bits per heavy atom. The third-order valence-electron chi connectivity index (χ3n) is 3.29. The van der Waals surface area contributed by atoms with Crippen LogP contribution in [0.3, 0.4) is 0 Å². The summed E-state index contributed by atoms with van der Waals surface area (Å²) >= 11 is 3.39. The Balaban J connectivity index is 2.25. The van der Waals surface area contributed by atoms with Gasteiger partial charge in [0.05, 0.1) is 11.7 Å². The lowest BCUT2D eigenvalue weighted by atomic mass is 9.98. The predicted octanol–water partition coefficient (Wildman–Crippen LogP) is 4.18. The van der Waals surface area contributed by atoms with Crippen LogP contribution in [0.25, 0.3) is 0 Å². The Labute approximate surface area is 127 Å². The Hall–Kier alpha value is -1.26. The van der Waals surface area contributed by atoms with E-state index in [0.717, 1.165) is 34.3 Å². The average molecular weight is 337 g/mol. The molecule has 0 spiro atoms. The molecule has 0 saturated heterocycles. The third kappa shape index (κ3) is 3.87. The molecule has 1 N–H and O–H groups in total. The summed E-state index contributed by atoms with van der Waals surface area (Å²) < 4.78 is 14.4. The number of benzene rings is 1. The minimum Gasteiger partial charge on any atom is -0.309 e. The molecule has 0 fully saturated rings. The fourth-order valence-corrected chi connectivity index (χ4v) is 2.44. The van der Waals surface area contributed by atoms with E-state index in [1.165, 1.54) is 6.07 Å². The van der Waals surface area contributed by atoms with E-state index in [9.17, 15) is 4.39 Å². The highest BCUT2D eigenvalue weighted by molar-refractivity contribution is 9.10. The summed E-state index contributed by atoms with van der Waals surface area (Å²) in [5.41, 5.74) is 3.09. The molecule has 0 aliphatic heterocycles. The average Bonchev–Trinajstić information content (AvgIpc) is 2.43. The van der Waals surface area contributed by atoms with Crippen LogP contribution in [-0.2, 0) is 6.42 Å². The van der Waals surface area contributed by atoms with E-state index in [-0.39, 0.29) is 11.9 Å². The van der Waals surface area contributed by atoms with Gasteiger partial charge in [0.25, 0.3) is 0 Å². The maximum atomic E-state index is 13.4. The van der Waals surface area contributed by atoms with E-state index >= 15 is 0 Å². The number of pyridine rings is 1. The van der Waals surface area contributed by atoms with Crippen molar-refractivity contribution < 1.29 is 4.39 Å². The molecule has 1 unspecified atom stereocenters. The van der Waals surface area contributed by atoms with Gasteiger partial charge in [0, 0.05) is 10.7 Å². The summed E-state index contributed by atoms with van der Waals surface area (Å²) in [5, 5.41) is 3.41. The SMILES string of the molecule is CCNC(Cc1cc(F)ccc1C)c1ccc(Br)cn1. The van der Waals surface area contributed by atoms with Gasteiger partial charge >= 0.3 is 0 Å². The number of likely N-dealkylation sites (N-methyl/N-ethyl adjacent to an activating group) is 1. The molecule has 2 aromatic rings. The van der Waals surface area contributed by atoms with Crippen LogP contribution in [0, 0.1) is 12.7 Å². The summed E-state index contributed by atoms with van der Waals surface area (Å²) in [5.74, 6) is -0.190. The number of aromatic nitrogens is 1. The van der Waals surface area contributed by atoms with Crippen molar-refractivity contribution in [3.63, 3.8) is 0 Å². The van der Waals surface area contributed by atoms with Crippen molar-refractivity contribution in [1.29, 1.82) is 0 Å². The molecule has 0 aliphatic rings. The number of halogens is 2. The first kappa shape index (κ1) is 15.1. The van der Waals surface area contributed by atoms with Crippen molar-refractivity contribution in [2.75, 3.05) is 6.54 Å². The van der Waals surface area contributed by atoms with Crippen molar-refractivity contribution in [1.82, 2.24) is 10.3 Å². The largest absolute Gasteiger partial charge is 0.309 e. The van der Waals surface area contributed by atoms with Crippen LogP contribution in [0.4, 0.5) is 4.39 Å². The maximum Gasteiger partial charge on any atom is 0.123 e. The number of rotatable bonds is 5. The van der Waals surface area contributed by atoms with E-state index in [0.29, 0.717) is 0 Å².